The van der Waals surface area contributed by atoms with Crippen molar-refractivity contribution in [1.29, 1.82) is 0 Å². The van der Waals surface area contributed by atoms with Crippen molar-refractivity contribution in [3.8, 4) is 11.1 Å². The summed E-state index contributed by atoms with van der Waals surface area (Å²) in [4.78, 5) is 4.25. The second kappa shape index (κ2) is 4.54. The summed E-state index contributed by atoms with van der Waals surface area (Å²) >= 11 is 0. The third kappa shape index (κ3) is 2.16. The van der Waals surface area contributed by atoms with Gasteiger partial charge in [0.05, 0.1) is 0 Å². The normalized spacial score (nSPS) is 18.4. The topological polar surface area (TPSA) is 38.9 Å². The Morgan fingerprint density at radius 1 is 1.11 bits per heavy atom. The van der Waals surface area contributed by atoms with Crippen molar-refractivity contribution in [2.75, 3.05) is 0 Å². The molecule has 0 fully saturated rings. The van der Waals surface area contributed by atoms with Gasteiger partial charge >= 0.3 is 0 Å². The smallest absolute Gasteiger partial charge is 0.0378 e. The van der Waals surface area contributed by atoms with Crippen molar-refractivity contribution in [2.45, 2.75) is 32.2 Å². The van der Waals surface area contributed by atoms with Gasteiger partial charge < -0.3 is 5.73 Å². The Labute approximate surface area is 108 Å². The molecule has 2 N–H and O–H groups in total. The molecule has 0 amide bonds. The molecule has 2 heteroatoms. The molecule has 92 valence electrons. The molecule has 0 aliphatic heterocycles. The van der Waals surface area contributed by atoms with E-state index in [1.807, 2.05) is 13.1 Å². The quantitative estimate of drug-likeness (QED) is 0.829. The summed E-state index contributed by atoms with van der Waals surface area (Å²) in [7, 11) is 0. The minimum atomic E-state index is 0.339. The van der Waals surface area contributed by atoms with Crippen molar-refractivity contribution >= 4 is 0 Å². The number of hydrogen-bond donors (Lipinski definition) is 1. The Kier molecular flexibility index (Phi) is 2.88. The average molecular weight is 238 g/mol. The summed E-state index contributed by atoms with van der Waals surface area (Å²) in [5.74, 6) is 0. The maximum absolute atomic E-state index is 6.01. The molecule has 18 heavy (non-hydrogen) atoms. The molecular weight excluding hydrogens is 220 g/mol. The molecule has 2 aromatic rings. The van der Waals surface area contributed by atoms with Crippen LogP contribution in [0.15, 0.2) is 36.5 Å². The van der Waals surface area contributed by atoms with E-state index >= 15 is 0 Å². The van der Waals surface area contributed by atoms with E-state index in [0.717, 1.165) is 25.0 Å². The third-order valence-corrected chi connectivity index (χ3v) is 3.70. The summed E-state index contributed by atoms with van der Waals surface area (Å²) < 4.78 is 0. The molecule has 1 aromatic carbocycles. The summed E-state index contributed by atoms with van der Waals surface area (Å²) in [6.07, 6.45) is 5.10. The Hall–Kier alpha value is -1.67. The lowest BCUT2D eigenvalue weighted by Gasteiger charge is -2.22. The van der Waals surface area contributed by atoms with Gasteiger partial charge in [-0.25, -0.2) is 0 Å². The lowest BCUT2D eigenvalue weighted by molar-refractivity contribution is 0.577. The van der Waals surface area contributed by atoms with Gasteiger partial charge in [-0.15, -0.1) is 0 Å². The minimum absolute atomic E-state index is 0.339. The Balaban J connectivity index is 2.00. The number of aromatic nitrogens is 1. The maximum Gasteiger partial charge on any atom is 0.0378 e. The van der Waals surface area contributed by atoms with Crippen LogP contribution in [0.2, 0.25) is 0 Å². The molecule has 1 aliphatic carbocycles. The number of nitrogens with zero attached hydrogens (tertiary/aromatic N) is 1. The zero-order valence-electron chi connectivity index (χ0n) is 10.7. The van der Waals surface area contributed by atoms with Gasteiger partial charge in [0.1, 0.15) is 0 Å². The zero-order valence-corrected chi connectivity index (χ0v) is 10.7. The van der Waals surface area contributed by atoms with E-state index < -0.39 is 0 Å². The number of pyridine rings is 1. The lowest BCUT2D eigenvalue weighted by atomic mass is 9.87. The van der Waals surface area contributed by atoms with Crippen LogP contribution in [-0.4, -0.2) is 11.0 Å². The number of rotatable bonds is 1. The van der Waals surface area contributed by atoms with Crippen molar-refractivity contribution in [1.82, 2.24) is 4.98 Å². The summed E-state index contributed by atoms with van der Waals surface area (Å²) in [5, 5.41) is 0. The van der Waals surface area contributed by atoms with Gasteiger partial charge in [0.15, 0.2) is 0 Å². The first-order chi connectivity index (χ1) is 8.72. The number of benzene rings is 1. The molecule has 0 saturated carbocycles. The monoisotopic (exact) mass is 238 g/mol. The Bertz CT molecular complexity index is 575. The fourth-order valence-electron chi connectivity index (χ4n) is 2.69. The molecule has 1 aliphatic rings. The van der Waals surface area contributed by atoms with Crippen LogP contribution in [0.3, 0.4) is 0 Å². The van der Waals surface area contributed by atoms with Crippen LogP contribution in [0.4, 0.5) is 0 Å². The van der Waals surface area contributed by atoms with Crippen LogP contribution in [-0.2, 0) is 12.8 Å². The van der Waals surface area contributed by atoms with E-state index in [9.17, 15) is 0 Å². The first-order valence-electron chi connectivity index (χ1n) is 6.53. The highest BCUT2D eigenvalue weighted by Gasteiger charge is 2.15. The van der Waals surface area contributed by atoms with Crippen LogP contribution >= 0.6 is 0 Å². The van der Waals surface area contributed by atoms with Gasteiger partial charge in [0.2, 0.25) is 0 Å². The van der Waals surface area contributed by atoms with Crippen LogP contribution in [0.1, 0.15) is 23.2 Å². The van der Waals surface area contributed by atoms with Gasteiger partial charge in [0, 0.05) is 17.9 Å². The van der Waals surface area contributed by atoms with Gasteiger partial charge in [-0.3, -0.25) is 4.98 Å². The number of aryl methyl sites for hydroxylation is 2. The van der Waals surface area contributed by atoms with Crippen molar-refractivity contribution in [3.63, 3.8) is 0 Å². The van der Waals surface area contributed by atoms with Crippen molar-refractivity contribution in [3.05, 3.63) is 53.3 Å². The second-order valence-electron chi connectivity index (χ2n) is 5.17. The largest absolute Gasteiger partial charge is 0.327 e. The van der Waals surface area contributed by atoms with Gasteiger partial charge in [-0.1, -0.05) is 18.2 Å². The Morgan fingerprint density at radius 3 is 2.78 bits per heavy atom. The molecule has 0 spiro atoms. The standard InChI is InChI=1S/C16H18N2/c1-11-8-15(6-7-18-11)12-2-3-14-10-16(17)5-4-13(14)9-12/h2-3,6-9,16H,4-5,10,17H2,1H3. The molecule has 0 saturated heterocycles. The molecule has 3 rings (SSSR count). The number of nitrogens with two attached hydrogens (primary N) is 1. The predicted molar refractivity (Wildman–Crippen MR) is 74.4 cm³/mol. The van der Waals surface area contributed by atoms with E-state index in [2.05, 4.69) is 35.3 Å². The van der Waals surface area contributed by atoms with E-state index in [1.54, 1.807) is 0 Å². The first kappa shape index (κ1) is 11.4. The molecule has 1 heterocycles. The second-order valence-corrected chi connectivity index (χ2v) is 5.17. The SMILES string of the molecule is Cc1cc(-c2ccc3c(c2)CCC(N)C3)ccn1. The van der Waals surface area contributed by atoms with Crippen molar-refractivity contribution in [2.24, 2.45) is 5.73 Å². The fraction of sp³-hybridized carbons (Fsp3) is 0.312. The van der Waals surface area contributed by atoms with Crippen LogP contribution in [0.25, 0.3) is 11.1 Å². The van der Waals surface area contributed by atoms with Crippen LogP contribution in [0.5, 0.6) is 0 Å². The van der Waals surface area contributed by atoms with Gasteiger partial charge in [0.25, 0.3) is 0 Å². The molecule has 1 unspecified atom stereocenters. The van der Waals surface area contributed by atoms with E-state index in [4.69, 9.17) is 5.73 Å². The van der Waals surface area contributed by atoms with Crippen molar-refractivity contribution < 1.29 is 0 Å². The molecule has 1 aromatic heterocycles. The van der Waals surface area contributed by atoms with Gasteiger partial charge in [-0.05, 0) is 60.6 Å². The average Bonchev–Trinajstić information content (AvgIpc) is 2.38. The Morgan fingerprint density at radius 2 is 1.94 bits per heavy atom. The molecular formula is C16H18N2. The number of fused-ring (bicyclic) bond motifs is 1. The van der Waals surface area contributed by atoms with E-state index in [1.165, 1.54) is 22.3 Å². The fourth-order valence-corrected chi connectivity index (χ4v) is 2.69. The molecule has 0 radical (unpaired) electrons. The minimum Gasteiger partial charge on any atom is -0.327 e. The molecule has 1 atom stereocenters. The third-order valence-electron chi connectivity index (χ3n) is 3.70. The molecule has 2 nitrogen and oxygen atoms in total. The van der Waals surface area contributed by atoms with Crippen LogP contribution < -0.4 is 5.73 Å². The lowest BCUT2D eigenvalue weighted by Crippen LogP contribution is -2.27. The maximum atomic E-state index is 6.01. The van der Waals surface area contributed by atoms with E-state index in [-0.39, 0.29) is 0 Å². The first-order valence-corrected chi connectivity index (χ1v) is 6.53. The van der Waals surface area contributed by atoms with Gasteiger partial charge in [-0.2, -0.15) is 0 Å². The van der Waals surface area contributed by atoms with Crippen LogP contribution in [0, 0.1) is 6.92 Å². The summed E-state index contributed by atoms with van der Waals surface area (Å²) in [6.45, 7) is 2.03. The summed E-state index contributed by atoms with van der Waals surface area (Å²) in [6, 6.07) is 11.3. The highest BCUT2D eigenvalue weighted by molar-refractivity contribution is 5.65. The highest BCUT2D eigenvalue weighted by atomic mass is 14.6. The van der Waals surface area contributed by atoms with E-state index in [0.29, 0.717) is 6.04 Å². The summed E-state index contributed by atoms with van der Waals surface area (Å²) in [5.41, 5.74) is 12.5. The zero-order chi connectivity index (χ0) is 12.5. The highest BCUT2D eigenvalue weighted by Crippen LogP contribution is 2.27. The number of hydrogen-bond acceptors (Lipinski definition) is 2. The molecule has 0 bridgehead atoms. The predicted octanol–water partition coefficient (Wildman–Crippen LogP) is 2.87.